The minimum absolute atomic E-state index is 0.0160. The van der Waals surface area contributed by atoms with Gasteiger partial charge in [-0.3, -0.25) is 4.79 Å². The van der Waals surface area contributed by atoms with Crippen molar-refractivity contribution in [2.24, 2.45) is 0 Å². The molecule has 1 aromatic rings. The fraction of sp³-hybridized carbons (Fsp3) is 0.533. The summed E-state index contributed by atoms with van der Waals surface area (Å²) in [5.74, 6) is 0.445. The Kier molecular flexibility index (Phi) is 5.43. The lowest BCUT2D eigenvalue weighted by molar-refractivity contribution is -0.123. The van der Waals surface area contributed by atoms with E-state index in [4.69, 9.17) is 4.74 Å². The SMILES string of the molecule is C[C@H](O)c1cc(Br)ccc1OCC(=O)NC1CCCC1. The summed E-state index contributed by atoms with van der Waals surface area (Å²) in [7, 11) is 0. The van der Waals surface area contributed by atoms with E-state index in [0.29, 0.717) is 17.4 Å². The Hall–Kier alpha value is -1.07. The van der Waals surface area contributed by atoms with Crippen molar-refractivity contribution in [3.63, 3.8) is 0 Å². The van der Waals surface area contributed by atoms with E-state index in [0.717, 1.165) is 17.3 Å². The summed E-state index contributed by atoms with van der Waals surface area (Å²) < 4.78 is 6.40. The quantitative estimate of drug-likeness (QED) is 0.865. The first-order valence-electron chi connectivity index (χ1n) is 6.96. The number of hydrogen-bond acceptors (Lipinski definition) is 3. The third kappa shape index (κ3) is 4.21. The molecule has 2 rings (SSSR count). The van der Waals surface area contributed by atoms with Crippen LogP contribution in [-0.2, 0) is 4.79 Å². The van der Waals surface area contributed by atoms with Crippen LogP contribution in [0.2, 0.25) is 0 Å². The third-order valence-corrected chi connectivity index (χ3v) is 3.99. The van der Waals surface area contributed by atoms with Crippen molar-refractivity contribution in [1.82, 2.24) is 5.32 Å². The number of aliphatic hydroxyl groups excluding tert-OH is 1. The summed E-state index contributed by atoms with van der Waals surface area (Å²) >= 11 is 3.36. The molecular formula is C15H20BrNO3. The van der Waals surface area contributed by atoms with Crippen molar-refractivity contribution in [1.29, 1.82) is 0 Å². The molecule has 5 heteroatoms. The van der Waals surface area contributed by atoms with Crippen LogP contribution in [0.1, 0.15) is 44.3 Å². The van der Waals surface area contributed by atoms with Crippen LogP contribution >= 0.6 is 15.9 Å². The number of carbonyl (C=O) groups excluding carboxylic acids is 1. The third-order valence-electron chi connectivity index (χ3n) is 3.50. The zero-order valence-electron chi connectivity index (χ0n) is 11.6. The van der Waals surface area contributed by atoms with Crippen LogP contribution in [0.4, 0.5) is 0 Å². The summed E-state index contributed by atoms with van der Waals surface area (Å²) in [6, 6.07) is 5.69. The van der Waals surface area contributed by atoms with Crippen molar-refractivity contribution in [2.75, 3.05) is 6.61 Å². The van der Waals surface area contributed by atoms with E-state index in [-0.39, 0.29) is 12.5 Å². The predicted molar refractivity (Wildman–Crippen MR) is 80.7 cm³/mol. The van der Waals surface area contributed by atoms with Gasteiger partial charge in [-0.25, -0.2) is 0 Å². The minimum Gasteiger partial charge on any atom is -0.483 e. The molecule has 2 N–H and O–H groups in total. The molecule has 0 saturated heterocycles. The Morgan fingerprint density at radius 2 is 2.20 bits per heavy atom. The minimum atomic E-state index is -0.639. The molecule has 0 aliphatic heterocycles. The Labute approximate surface area is 127 Å². The first kappa shape index (κ1) is 15.3. The summed E-state index contributed by atoms with van der Waals surface area (Å²) in [6.45, 7) is 1.66. The zero-order chi connectivity index (χ0) is 14.5. The second-order valence-electron chi connectivity index (χ2n) is 5.20. The van der Waals surface area contributed by atoms with Gasteiger partial charge in [0, 0.05) is 16.1 Å². The van der Waals surface area contributed by atoms with Gasteiger partial charge in [0.25, 0.3) is 5.91 Å². The maximum absolute atomic E-state index is 11.8. The van der Waals surface area contributed by atoms with Gasteiger partial charge in [0.15, 0.2) is 6.61 Å². The molecule has 0 radical (unpaired) electrons. The predicted octanol–water partition coefficient (Wildman–Crippen LogP) is 2.94. The van der Waals surface area contributed by atoms with E-state index >= 15 is 0 Å². The molecule has 110 valence electrons. The summed E-state index contributed by atoms with van der Waals surface area (Å²) in [5, 5.41) is 12.7. The van der Waals surface area contributed by atoms with Gasteiger partial charge in [-0.05, 0) is 38.0 Å². The van der Waals surface area contributed by atoms with Crippen LogP contribution < -0.4 is 10.1 Å². The summed E-state index contributed by atoms with van der Waals surface area (Å²) in [4.78, 5) is 11.8. The highest BCUT2D eigenvalue weighted by Crippen LogP contribution is 2.28. The van der Waals surface area contributed by atoms with E-state index < -0.39 is 6.10 Å². The zero-order valence-corrected chi connectivity index (χ0v) is 13.1. The molecule has 0 bridgehead atoms. The van der Waals surface area contributed by atoms with Gasteiger partial charge in [-0.1, -0.05) is 28.8 Å². The van der Waals surface area contributed by atoms with Gasteiger partial charge < -0.3 is 15.2 Å². The van der Waals surface area contributed by atoms with Crippen molar-refractivity contribution in [3.05, 3.63) is 28.2 Å². The molecule has 4 nitrogen and oxygen atoms in total. The molecular weight excluding hydrogens is 322 g/mol. The Bertz CT molecular complexity index is 470. The molecule has 1 atom stereocenters. The van der Waals surface area contributed by atoms with Crippen LogP contribution in [0.5, 0.6) is 5.75 Å². The molecule has 1 amide bonds. The second-order valence-corrected chi connectivity index (χ2v) is 6.11. The lowest BCUT2D eigenvalue weighted by atomic mass is 10.1. The highest BCUT2D eigenvalue weighted by molar-refractivity contribution is 9.10. The van der Waals surface area contributed by atoms with Gasteiger partial charge >= 0.3 is 0 Å². The normalized spacial score (nSPS) is 16.9. The van der Waals surface area contributed by atoms with Crippen molar-refractivity contribution in [2.45, 2.75) is 44.8 Å². The monoisotopic (exact) mass is 341 g/mol. The molecule has 1 aliphatic carbocycles. The van der Waals surface area contributed by atoms with E-state index in [2.05, 4.69) is 21.2 Å². The molecule has 0 spiro atoms. The number of benzene rings is 1. The van der Waals surface area contributed by atoms with Gasteiger partial charge in [0.2, 0.25) is 0 Å². The van der Waals surface area contributed by atoms with Gasteiger partial charge in [0.1, 0.15) is 5.75 Å². The molecule has 0 unspecified atom stereocenters. The first-order valence-corrected chi connectivity index (χ1v) is 7.75. The van der Waals surface area contributed by atoms with Crippen molar-refractivity contribution in [3.8, 4) is 5.75 Å². The average molecular weight is 342 g/mol. The Morgan fingerprint density at radius 3 is 2.85 bits per heavy atom. The maximum atomic E-state index is 11.8. The standard InChI is InChI=1S/C15H20BrNO3/c1-10(18)13-8-11(16)6-7-14(13)20-9-15(19)17-12-4-2-3-5-12/h6-8,10,12,18H,2-5,9H2,1H3,(H,17,19)/t10-/m0/s1. The van der Waals surface area contributed by atoms with E-state index in [1.54, 1.807) is 19.1 Å². The lowest BCUT2D eigenvalue weighted by Gasteiger charge is -2.15. The highest BCUT2D eigenvalue weighted by atomic mass is 79.9. The highest BCUT2D eigenvalue weighted by Gasteiger charge is 2.18. The van der Waals surface area contributed by atoms with Crippen LogP contribution in [-0.4, -0.2) is 23.7 Å². The maximum Gasteiger partial charge on any atom is 0.258 e. The van der Waals surface area contributed by atoms with Crippen LogP contribution in [0.3, 0.4) is 0 Å². The molecule has 1 aromatic carbocycles. The fourth-order valence-corrected chi connectivity index (χ4v) is 2.84. The number of hydrogen-bond donors (Lipinski definition) is 2. The smallest absolute Gasteiger partial charge is 0.258 e. The second kappa shape index (κ2) is 7.09. The molecule has 20 heavy (non-hydrogen) atoms. The van der Waals surface area contributed by atoms with Gasteiger partial charge in [0.05, 0.1) is 6.10 Å². The van der Waals surface area contributed by atoms with Gasteiger partial charge in [-0.2, -0.15) is 0 Å². The van der Waals surface area contributed by atoms with Crippen molar-refractivity contribution >= 4 is 21.8 Å². The molecule has 0 heterocycles. The molecule has 1 aliphatic rings. The number of carbonyl (C=O) groups is 1. The number of nitrogens with one attached hydrogen (secondary N) is 1. The Balaban J connectivity index is 1.91. The molecule has 1 fully saturated rings. The number of rotatable bonds is 5. The number of aliphatic hydroxyl groups is 1. The topological polar surface area (TPSA) is 58.6 Å². The largest absolute Gasteiger partial charge is 0.483 e. The summed E-state index contributed by atoms with van der Waals surface area (Å²) in [6.07, 6.45) is 3.85. The van der Waals surface area contributed by atoms with E-state index in [1.165, 1.54) is 12.8 Å². The number of halogens is 1. The van der Waals surface area contributed by atoms with Gasteiger partial charge in [-0.15, -0.1) is 0 Å². The van der Waals surface area contributed by atoms with Crippen molar-refractivity contribution < 1.29 is 14.6 Å². The fourth-order valence-electron chi connectivity index (χ4n) is 2.46. The average Bonchev–Trinajstić information content (AvgIpc) is 2.90. The lowest BCUT2D eigenvalue weighted by Crippen LogP contribution is -2.36. The molecule has 1 saturated carbocycles. The number of ether oxygens (including phenoxy) is 1. The van der Waals surface area contributed by atoms with Crippen LogP contribution in [0.25, 0.3) is 0 Å². The van der Waals surface area contributed by atoms with E-state index in [9.17, 15) is 9.90 Å². The van der Waals surface area contributed by atoms with E-state index in [1.807, 2.05) is 6.07 Å². The molecule has 0 aromatic heterocycles. The first-order chi connectivity index (χ1) is 9.56. The Morgan fingerprint density at radius 1 is 1.50 bits per heavy atom. The summed E-state index contributed by atoms with van der Waals surface area (Å²) in [5.41, 5.74) is 0.674. The number of amides is 1. The van der Waals surface area contributed by atoms with Crippen LogP contribution in [0, 0.1) is 0 Å². The van der Waals surface area contributed by atoms with Crippen LogP contribution in [0.15, 0.2) is 22.7 Å².